The molecule has 0 radical (unpaired) electrons. The van der Waals surface area contributed by atoms with Gasteiger partial charge < -0.3 is 42.0 Å². The Morgan fingerprint density at radius 2 is 1.98 bits per heavy atom. The van der Waals surface area contributed by atoms with E-state index < -0.39 is 58.5 Å². The van der Waals surface area contributed by atoms with E-state index in [-0.39, 0.29) is 34.4 Å². The number of carbonyl (C=O) groups is 4. The van der Waals surface area contributed by atoms with Crippen molar-refractivity contribution in [2.45, 2.75) is 43.3 Å². The van der Waals surface area contributed by atoms with Gasteiger partial charge in [0.1, 0.15) is 35.0 Å². The van der Waals surface area contributed by atoms with Crippen LogP contribution in [0.15, 0.2) is 46.3 Å². The zero-order chi connectivity index (χ0) is 33.6. The number of phenolic OH excluding ortho intramolecular Hbond substituents is 2. The Kier molecular flexibility index (Phi) is 8.32. The highest BCUT2D eigenvalue weighted by atomic mass is 32.2. The molecule has 2 amide bonds. The summed E-state index contributed by atoms with van der Waals surface area (Å²) < 4.78 is 1.85. The summed E-state index contributed by atoms with van der Waals surface area (Å²) in [5, 5.41) is 46.2. The standard InChI is InChI=1S/C28H26N8O9S2/c29-22-13-2-1-3-15(13)35(10-31-22)7-12-8-46-25-19(24(40)36(25)20(12)26(41)42)33-23(39)18(14-9-47-28(30)32-14)34-45-21(27(43)44)11-4-5-16(37)17(38)6-11/h4-6,9-10,19,21,25,29H,1-3,7-8H2,(H7,30,32,33,34,37,38,39,41,42,43,44)/p+1/t19-,21+,25-/m1/s1. The molecule has 0 bridgehead atoms. The number of carbonyl (C=O) groups excluding carboxylic acids is 2. The van der Waals surface area contributed by atoms with Gasteiger partial charge in [0, 0.05) is 28.7 Å². The number of thioether (sulfide) groups is 1. The third kappa shape index (κ3) is 5.85. The first-order valence-corrected chi connectivity index (χ1v) is 15.9. The Morgan fingerprint density at radius 1 is 1.19 bits per heavy atom. The number of aromatic hydroxyl groups is 2. The Labute approximate surface area is 273 Å². The number of phenols is 2. The Balaban J connectivity index is 1.23. The van der Waals surface area contributed by atoms with Gasteiger partial charge in [-0.05, 0) is 30.0 Å². The molecular weight excluding hydrogens is 656 g/mol. The highest BCUT2D eigenvalue weighted by Gasteiger charge is 2.54. The average molecular weight is 684 g/mol. The van der Waals surface area contributed by atoms with Gasteiger partial charge in [0.25, 0.3) is 18.1 Å². The lowest BCUT2D eigenvalue weighted by atomic mass is 10.0. The number of hydrogen-bond acceptors (Lipinski definition) is 14. The van der Waals surface area contributed by atoms with Crippen LogP contribution in [-0.4, -0.2) is 81.9 Å². The number of carboxylic acid groups (broad SMARTS) is 2. The summed E-state index contributed by atoms with van der Waals surface area (Å²) in [6.07, 6.45) is 2.21. The summed E-state index contributed by atoms with van der Waals surface area (Å²) in [5.41, 5.74) is 13.3. The molecule has 0 saturated carbocycles. The number of thiazole rings is 1. The minimum Gasteiger partial charge on any atom is -0.504 e. The Bertz CT molecular complexity index is 1890. The van der Waals surface area contributed by atoms with Crippen molar-refractivity contribution in [3.05, 3.63) is 63.7 Å². The number of rotatable bonds is 10. The van der Waals surface area contributed by atoms with Gasteiger partial charge in [-0.15, -0.1) is 23.1 Å². The van der Waals surface area contributed by atoms with Crippen LogP contribution in [0.3, 0.4) is 0 Å². The van der Waals surface area contributed by atoms with E-state index in [1.165, 1.54) is 23.2 Å². The third-order valence-corrected chi connectivity index (χ3v) is 9.85. The molecule has 1 aromatic carbocycles. The Hall–Kier alpha value is -5.43. The molecule has 2 aliphatic heterocycles. The summed E-state index contributed by atoms with van der Waals surface area (Å²) in [4.78, 5) is 65.9. The molecule has 2 aromatic heterocycles. The van der Waals surface area contributed by atoms with E-state index in [0.717, 1.165) is 58.9 Å². The molecular formula is C28H27N8O9S2+. The number of aliphatic carboxylic acids is 2. The predicted octanol–water partition coefficient (Wildman–Crippen LogP) is -0.125. The van der Waals surface area contributed by atoms with Crippen molar-refractivity contribution >= 4 is 63.5 Å². The number of β-lactam (4-membered cyclic amide) rings is 1. The number of amides is 2. The molecule has 3 aromatic rings. The molecule has 1 fully saturated rings. The summed E-state index contributed by atoms with van der Waals surface area (Å²) in [5.74, 6) is -4.84. The number of hydrogen-bond donors (Lipinski definition) is 7. The second-order valence-electron chi connectivity index (χ2n) is 10.7. The zero-order valence-electron chi connectivity index (χ0n) is 24.2. The molecule has 3 atom stereocenters. The number of benzene rings is 1. The molecule has 1 aliphatic carbocycles. The molecule has 47 heavy (non-hydrogen) atoms. The van der Waals surface area contributed by atoms with Crippen molar-refractivity contribution in [1.82, 2.24) is 20.2 Å². The number of nitrogen functional groups attached to an aromatic ring is 2. The number of nitrogens with one attached hydrogen (secondary N) is 1. The minimum absolute atomic E-state index is 0.0658. The molecule has 3 aliphatic rings. The first kappa shape index (κ1) is 31.5. The lowest BCUT2D eigenvalue weighted by Gasteiger charge is -2.49. The maximum absolute atomic E-state index is 13.5. The molecule has 9 N–H and O–H groups in total. The Morgan fingerprint density at radius 3 is 2.66 bits per heavy atom. The lowest BCUT2D eigenvalue weighted by Crippen LogP contribution is -2.71. The van der Waals surface area contributed by atoms with E-state index in [9.17, 15) is 39.6 Å². The fourth-order valence-electron chi connectivity index (χ4n) is 5.61. The van der Waals surface area contributed by atoms with Gasteiger partial charge in [-0.25, -0.2) is 19.1 Å². The number of anilines is 2. The van der Waals surface area contributed by atoms with Crippen LogP contribution in [0, 0.1) is 0 Å². The van der Waals surface area contributed by atoms with Crippen molar-refractivity contribution in [3.63, 3.8) is 0 Å². The molecule has 19 heteroatoms. The quantitative estimate of drug-likeness (QED) is 0.0483. The largest absolute Gasteiger partial charge is 0.504 e. The fourth-order valence-corrected chi connectivity index (χ4v) is 7.50. The predicted molar refractivity (Wildman–Crippen MR) is 165 cm³/mol. The topological polar surface area (TPSA) is 268 Å². The molecule has 17 nitrogen and oxygen atoms in total. The maximum Gasteiger partial charge on any atom is 0.352 e. The van der Waals surface area contributed by atoms with Crippen molar-refractivity contribution in [2.24, 2.45) is 5.16 Å². The highest BCUT2D eigenvalue weighted by molar-refractivity contribution is 8.00. The highest BCUT2D eigenvalue weighted by Crippen LogP contribution is 2.40. The van der Waals surface area contributed by atoms with Crippen LogP contribution in [0.1, 0.15) is 35.0 Å². The SMILES string of the molecule is Nc1nc(/C(=N/O[C@H](C(=O)O)c2ccc(O)c(O)c2)C(=O)N[C@@H]2C(=O)N3C(C(=O)O)=C(C[n+]4cnc(N)c5c4CCC5)CS[C@H]23)cs1. The zero-order valence-corrected chi connectivity index (χ0v) is 25.8. The lowest BCUT2D eigenvalue weighted by molar-refractivity contribution is -0.698. The van der Waals surface area contributed by atoms with Gasteiger partial charge in [0.15, 0.2) is 22.3 Å². The van der Waals surface area contributed by atoms with E-state index in [2.05, 4.69) is 20.4 Å². The van der Waals surface area contributed by atoms with Crippen molar-refractivity contribution in [3.8, 4) is 11.5 Å². The molecule has 0 spiro atoms. The smallest absolute Gasteiger partial charge is 0.352 e. The maximum atomic E-state index is 13.5. The fraction of sp³-hybridized carbons (Fsp3) is 0.286. The van der Waals surface area contributed by atoms with E-state index in [0.29, 0.717) is 11.4 Å². The van der Waals surface area contributed by atoms with Crippen LogP contribution in [0.4, 0.5) is 10.9 Å². The van der Waals surface area contributed by atoms with Crippen molar-refractivity contribution < 1.29 is 49.0 Å². The second kappa shape index (κ2) is 12.4. The summed E-state index contributed by atoms with van der Waals surface area (Å²) in [6, 6.07) is 2.05. The number of aromatic nitrogens is 3. The van der Waals surface area contributed by atoms with E-state index in [1.807, 2.05) is 4.57 Å². The van der Waals surface area contributed by atoms with Gasteiger partial charge in [-0.3, -0.25) is 14.5 Å². The molecule has 4 heterocycles. The first-order valence-electron chi connectivity index (χ1n) is 14.0. The van der Waals surface area contributed by atoms with E-state index in [1.54, 1.807) is 6.33 Å². The molecule has 1 saturated heterocycles. The van der Waals surface area contributed by atoms with Crippen molar-refractivity contribution in [2.75, 3.05) is 17.2 Å². The molecule has 244 valence electrons. The molecule has 0 unspecified atom stereocenters. The van der Waals surface area contributed by atoms with Crippen LogP contribution in [0.25, 0.3) is 0 Å². The normalized spacial score (nSPS) is 19.4. The van der Waals surface area contributed by atoms with E-state index >= 15 is 0 Å². The van der Waals surface area contributed by atoms with Crippen LogP contribution in [-0.2, 0) is 43.4 Å². The summed E-state index contributed by atoms with van der Waals surface area (Å²) in [6.45, 7) is 0.195. The van der Waals surface area contributed by atoms with E-state index in [4.69, 9.17) is 16.3 Å². The first-order chi connectivity index (χ1) is 22.4. The van der Waals surface area contributed by atoms with Crippen LogP contribution in [0.2, 0.25) is 0 Å². The number of nitrogens with zero attached hydrogens (tertiary/aromatic N) is 5. The molecule has 6 rings (SSSR count). The van der Waals surface area contributed by atoms with Gasteiger partial charge in [0.2, 0.25) is 11.9 Å². The number of oxime groups is 1. The third-order valence-electron chi connectivity index (χ3n) is 7.83. The monoisotopic (exact) mass is 683 g/mol. The van der Waals surface area contributed by atoms with Gasteiger partial charge in [0.05, 0.1) is 5.56 Å². The van der Waals surface area contributed by atoms with Gasteiger partial charge in [-0.1, -0.05) is 11.2 Å². The van der Waals surface area contributed by atoms with Crippen LogP contribution >= 0.6 is 23.1 Å². The second-order valence-corrected chi connectivity index (χ2v) is 12.7. The number of fused-ring (bicyclic) bond motifs is 2. The van der Waals surface area contributed by atoms with Gasteiger partial charge in [-0.2, -0.15) is 0 Å². The van der Waals surface area contributed by atoms with Crippen molar-refractivity contribution in [1.29, 1.82) is 0 Å². The van der Waals surface area contributed by atoms with Gasteiger partial charge >= 0.3 is 11.9 Å². The number of nitrogens with two attached hydrogens (primary N) is 2. The average Bonchev–Trinajstić information content (AvgIpc) is 3.70. The number of carboxylic acids is 2. The van der Waals surface area contributed by atoms with Crippen LogP contribution in [0.5, 0.6) is 11.5 Å². The minimum atomic E-state index is -1.81. The van der Waals surface area contributed by atoms with Crippen LogP contribution < -0.4 is 21.4 Å². The summed E-state index contributed by atoms with van der Waals surface area (Å²) in [7, 11) is 0. The summed E-state index contributed by atoms with van der Waals surface area (Å²) >= 11 is 2.24.